The fourth-order valence-corrected chi connectivity index (χ4v) is 0.978. The number of hydrogen-bond donors (Lipinski definition) is 2. The van der Waals surface area contributed by atoms with Gasteiger partial charge in [0.2, 0.25) is 0 Å². The molecule has 0 aliphatic heterocycles. The van der Waals surface area contributed by atoms with E-state index in [1.807, 2.05) is 12.1 Å². The number of halogens is 1. The Hall–Kier alpha value is -1.26. The number of carboxylic acid groups (broad SMARTS) is 1. The van der Waals surface area contributed by atoms with Crippen LogP contribution in [0.15, 0.2) is 24.3 Å². The van der Waals surface area contributed by atoms with Crippen LogP contribution >= 0.6 is 12.4 Å². The van der Waals surface area contributed by atoms with E-state index in [0.29, 0.717) is 12.3 Å². The zero-order valence-corrected chi connectivity index (χ0v) is 9.00. The molecule has 3 N–H and O–H groups in total. The molecule has 0 bridgehead atoms. The summed E-state index contributed by atoms with van der Waals surface area (Å²) in [7, 11) is 0. The third kappa shape index (κ3) is 5.24. The standard InChI is InChI=1S/C10H13NO3.ClH/c11-7-8-1-3-9(4-2-8)14-6-5-10(12)13;/h1-4H,5-7,11H2,(H,12,13);1H. The van der Waals surface area contributed by atoms with E-state index in [9.17, 15) is 4.79 Å². The molecule has 0 saturated carbocycles. The van der Waals surface area contributed by atoms with Gasteiger partial charge >= 0.3 is 5.97 Å². The number of aliphatic carboxylic acids is 1. The monoisotopic (exact) mass is 231 g/mol. The van der Waals surface area contributed by atoms with E-state index in [1.54, 1.807) is 12.1 Å². The SMILES string of the molecule is Cl.NCc1ccc(OCCC(=O)O)cc1. The number of nitrogens with two attached hydrogens (primary N) is 1. The lowest BCUT2D eigenvalue weighted by molar-refractivity contribution is -0.137. The molecule has 0 saturated heterocycles. The van der Waals surface area contributed by atoms with Gasteiger partial charge in [0, 0.05) is 6.54 Å². The minimum absolute atomic E-state index is 0. The maximum Gasteiger partial charge on any atom is 0.306 e. The summed E-state index contributed by atoms with van der Waals surface area (Å²) in [6.45, 7) is 0.687. The van der Waals surface area contributed by atoms with Crippen LogP contribution in [0.5, 0.6) is 5.75 Å². The van der Waals surface area contributed by atoms with Crippen LogP contribution < -0.4 is 10.5 Å². The van der Waals surface area contributed by atoms with Gasteiger partial charge in [-0.3, -0.25) is 4.79 Å². The molecule has 0 atom stereocenters. The fraction of sp³-hybridized carbons (Fsp3) is 0.300. The van der Waals surface area contributed by atoms with Crippen molar-refractivity contribution in [2.24, 2.45) is 5.73 Å². The summed E-state index contributed by atoms with van der Waals surface area (Å²) < 4.78 is 5.19. The van der Waals surface area contributed by atoms with Gasteiger partial charge in [-0.15, -0.1) is 12.4 Å². The Morgan fingerprint density at radius 2 is 1.93 bits per heavy atom. The van der Waals surface area contributed by atoms with Crippen molar-refractivity contribution in [1.82, 2.24) is 0 Å². The minimum atomic E-state index is -0.858. The van der Waals surface area contributed by atoms with Crippen molar-refractivity contribution < 1.29 is 14.6 Å². The van der Waals surface area contributed by atoms with Crippen LogP contribution in [0.3, 0.4) is 0 Å². The van der Waals surface area contributed by atoms with E-state index in [2.05, 4.69) is 0 Å². The fourth-order valence-electron chi connectivity index (χ4n) is 0.978. The van der Waals surface area contributed by atoms with Crippen molar-refractivity contribution in [2.45, 2.75) is 13.0 Å². The molecule has 84 valence electrons. The maximum absolute atomic E-state index is 10.2. The van der Waals surface area contributed by atoms with Crippen molar-refractivity contribution >= 4 is 18.4 Å². The van der Waals surface area contributed by atoms with Gasteiger partial charge in [-0.05, 0) is 17.7 Å². The molecule has 4 nitrogen and oxygen atoms in total. The highest BCUT2D eigenvalue weighted by atomic mass is 35.5. The van der Waals surface area contributed by atoms with E-state index in [-0.39, 0.29) is 25.4 Å². The lowest BCUT2D eigenvalue weighted by Crippen LogP contribution is -2.04. The first-order chi connectivity index (χ1) is 6.72. The zero-order chi connectivity index (χ0) is 10.4. The summed E-state index contributed by atoms with van der Waals surface area (Å²) in [6, 6.07) is 7.28. The maximum atomic E-state index is 10.2. The quantitative estimate of drug-likeness (QED) is 0.804. The molecule has 1 aromatic carbocycles. The van der Waals surface area contributed by atoms with Crippen molar-refractivity contribution in [1.29, 1.82) is 0 Å². The second kappa shape index (κ2) is 7.09. The highest BCUT2D eigenvalue weighted by Crippen LogP contribution is 2.11. The summed E-state index contributed by atoms with van der Waals surface area (Å²) in [5.41, 5.74) is 6.44. The molecule has 1 rings (SSSR count). The predicted octanol–water partition coefficient (Wildman–Crippen LogP) is 1.42. The van der Waals surface area contributed by atoms with Gasteiger partial charge in [0.05, 0.1) is 13.0 Å². The molecule has 0 unspecified atom stereocenters. The largest absolute Gasteiger partial charge is 0.493 e. The molecular weight excluding hydrogens is 218 g/mol. The number of rotatable bonds is 5. The van der Waals surface area contributed by atoms with Gasteiger partial charge < -0.3 is 15.6 Å². The van der Waals surface area contributed by atoms with Crippen LogP contribution in [0, 0.1) is 0 Å². The van der Waals surface area contributed by atoms with Gasteiger partial charge in [0.25, 0.3) is 0 Å². The van der Waals surface area contributed by atoms with E-state index in [1.165, 1.54) is 0 Å². The Bertz CT molecular complexity index is 300. The molecule has 0 amide bonds. The van der Waals surface area contributed by atoms with Gasteiger partial charge in [-0.1, -0.05) is 12.1 Å². The molecule has 0 fully saturated rings. The number of carboxylic acids is 1. The molecular formula is C10H14ClNO3. The Morgan fingerprint density at radius 1 is 1.33 bits per heavy atom. The van der Waals surface area contributed by atoms with E-state index in [0.717, 1.165) is 5.56 Å². The van der Waals surface area contributed by atoms with E-state index < -0.39 is 5.97 Å². The van der Waals surface area contributed by atoms with Gasteiger partial charge in [-0.25, -0.2) is 0 Å². The molecule has 0 heterocycles. The van der Waals surface area contributed by atoms with Gasteiger partial charge in [0.1, 0.15) is 5.75 Å². The Morgan fingerprint density at radius 3 is 2.40 bits per heavy atom. The predicted molar refractivity (Wildman–Crippen MR) is 59.3 cm³/mol. The first-order valence-corrected chi connectivity index (χ1v) is 4.36. The zero-order valence-electron chi connectivity index (χ0n) is 8.18. The highest BCUT2D eigenvalue weighted by Gasteiger charge is 1.98. The Balaban J connectivity index is 0.00000196. The minimum Gasteiger partial charge on any atom is -0.493 e. The van der Waals surface area contributed by atoms with Crippen LogP contribution in [-0.4, -0.2) is 17.7 Å². The van der Waals surface area contributed by atoms with E-state index in [4.69, 9.17) is 15.6 Å². The number of carbonyl (C=O) groups is 1. The summed E-state index contributed by atoms with van der Waals surface area (Å²) in [5, 5.41) is 8.38. The summed E-state index contributed by atoms with van der Waals surface area (Å²) in [5.74, 6) is -0.188. The van der Waals surface area contributed by atoms with Crippen molar-refractivity contribution in [2.75, 3.05) is 6.61 Å². The number of benzene rings is 1. The average molecular weight is 232 g/mol. The molecule has 0 radical (unpaired) electrons. The van der Waals surface area contributed by atoms with Crippen LogP contribution in [0.2, 0.25) is 0 Å². The van der Waals surface area contributed by atoms with Crippen LogP contribution in [0.25, 0.3) is 0 Å². The second-order valence-corrected chi connectivity index (χ2v) is 2.84. The lowest BCUT2D eigenvalue weighted by Gasteiger charge is -2.04. The number of hydrogen-bond acceptors (Lipinski definition) is 3. The molecule has 5 heteroatoms. The third-order valence-electron chi connectivity index (χ3n) is 1.74. The normalized spacial score (nSPS) is 9.13. The second-order valence-electron chi connectivity index (χ2n) is 2.84. The average Bonchev–Trinajstić information content (AvgIpc) is 2.18. The van der Waals surface area contributed by atoms with E-state index >= 15 is 0 Å². The molecule has 0 aromatic heterocycles. The summed E-state index contributed by atoms with van der Waals surface area (Å²) in [4.78, 5) is 10.2. The Kier molecular flexibility index (Phi) is 6.49. The first kappa shape index (κ1) is 13.7. The molecule has 0 spiro atoms. The van der Waals surface area contributed by atoms with Crippen LogP contribution in [0.1, 0.15) is 12.0 Å². The smallest absolute Gasteiger partial charge is 0.306 e. The van der Waals surface area contributed by atoms with Crippen molar-refractivity contribution in [3.8, 4) is 5.75 Å². The molecule has 1 aromatic rings. The van der Waals surface area contributed by atoms with Crippen LogP contribution in [0.4, 0.5) is 0 Å². The lowest BCUT2D eigenvalue weighted by atomic mass is 10.2. The third-order valence-corrected chi connectivity index (χ3v) is 1.74. The summed E-state index contributed by atoms with van der Waals surface area (Å²) in [6.07, 6.45) is 0.0125. The van der Waals surface area contributed by atoms with Gasteiger partial charge in [0.15, 0.2) is 0 Å². The highest BCUT2D eigenvalue weighted by molar-refractivity contribution is 5.85. The first-order valence-electron chi connectivity index (χ1n) is 4.36. The van der Waals surface area contributed by atoms with Crippen molar-refractivity contribution in [3.05, 3.63) is 29.8 Å². The van der Waals surface area contributed by atoms with Crippen LogP contribution in [-0.2, 0) is 11.3 Å². The summed E-state index contributed by atoms with van der Waals surface area (Å²) >= 11 is 0. The number of ether oxygens (including phenoxy) is 1. The molecule has 15 heavy (non-hydrogen) atoms. The van der Waals surface area contributed by atoms with Gasteiger partial charge in [-0.2, -0.15) is 0 Å². The van der Waals surface area contributed by atoms with Crippen molar-refractivity contribution in [3.63, 3.8) is 0 Å². The molecule has 0 aliphatic carbocycles. The topological polar surface area (TPSA) is 72.5 Å². The molecule has 0 aliphatic rings. The Labute approximate surface area is 94.5 Å².